The summed E-state index contributed by atoms with van der Waals surface area (Å²) in [7, 11) is -3.88. The SMILES string of the molecule is CCS(=O)(=O)Nc1c(F)cc(F)cc1[N+](=O)[O-]. The van der Waals surface area contributed by atoms with Crippen molar-refractivity contribution in [2.75, 3.05) is 10.5 Å². The lowest BCUT2D eigenvalue weighted by molar-refractivity contribution is -0.384. The summed E-state index contributed by atoms with van der Waals surface area (Å²) in [6, 6.07) is 0.803. The minimum atomic E-state index is -3.88. The van der Waals surface area contributed by atoms with Crippen molar-refractivity contribution in [1.82, 2.24) is 0 Å². The van der Waals surface area contributed by atoms with Crippen molar-refractivity contribution in [2.45, 2.75) is 6.92 Å². The molecule has 6 nitrogen and oxygen atoms in total. The Morgan fingerprint density at radius 3 is 2.47 bits per heavy atom. The summed E-state index contributed by atoms with van der Waals surface area (Å²) in [6.07, 6.45) is 0. The molecule has 0 aliphatic rings. The molecule has 94 valence electrons. The Morgan fingerprint density at radius 2 is 2.00 bits per heavy atom. The van der Waals surface area contributed by atoms with E-state index in [1.165, 1.54) is 6.92 Å². The van der Waals surface area contributed by atoms with Crippen molar-refractivity contribution >= 4 is 21.4 Å². The molecule has 1 aromatic carbocycles. The molecule has 1 N–H and O–H groups in total. The normalized spacial score (nSPS) is 11.2. The van der Waals surface area contributed by atoms with Crippen LogP contribution in [0.15, 0.2) is 12.1 Å². The molecule has 1 rings (SSSR count). The van der Waals surface area contributed by atoms with Crippen LogP contribution in [0.5, 0.6) is 0 Å². The predicted octanol–water partition coefficient (Wildman–Crippen LogP) is 1.63. The highest BCUT2D eigenvalue weighted by Gasteiger charge is 2.23. The molecule has 0 heterocycles. The van der Waals surface area contributed by atoms with Gasteiger partial charge in [0.05, 0.1) is 16.7 Å². The molecule has 9 heteroatoms. The average molecular weight is 266 g/mol. The van der Waals surface area contributed by atoms with Crippen molar-refractivity contribution in [3.63, 3.8) is 0 Å². The predicted molar refractivity (Wildman–Crippen MR) is 56.1 cm³/mol. The van der Waals surface area contributed by atoms with Crippen LogP contribution < -0.4 is 4.72 Å². The van der Waals surface area contributed by atoms with E-state index in [9.17, 15) is 27.3 Å². The van der Waals surface area contributed by atoms with E-state index in [1.807, 2.05) is 0 Å². The largest absolute Gasteiger partial charge is 0.299 e. The molecule has 0 unspecified atom stereocenters. The number of hydrogen-bond donors (Lipinski definition) is 1. The van der Waals surface area contributed by atoms with Crippen LogP contribution in [0.4, 0.5) is 20.2 Å². The molecule has 0 fully saturated rings. The first-order valence-corrected chi connectivity index (χ1v) is 6.06. The third-order valence-corrected chi connectivity index (χ3v) is 3.14. The van der Waals surface area contributed by atoms with Crippen LogP contribution in [0.2, 0.25) is 0 Å². The van der Waals surface area contributed by atoms with Crippen molar-refractivity contribution in [3.05, 3.63) is 33.9 Å². The maximum atomic E-state index is 13.3. The standard InChI is InChI=1S/C8H8F2N2O4S/c1-2-17(15,16)11-8-6(10)3-5(9)4-7(8)12(13)14/h3-4,11H,2H2,1H3. The first-order chi connectivity index (χ1) is 7.76. The van der Waals surface area contributed by atoms with E-state index in [1.54, 1.807) is 4.72 Å². The van der Waals surface area contributed by atoms with E-state index in [2.05, 4.69) is 0 Å². The number of nitro groups is 1. The zero-order chi connectivity index (χ0) is 13.2. The average Bonchev–Trinajstić information content (AvgIpc) is 2.21. The minimum absolute atomic E-state index is 0.362. The fourth-order valence-electron chi connectivity index (χ4n) is 1.03. The molecule has 0 aromatic heterocycles. The van der Waals surface area contributed by atoms with E-state index in [0.29, 0.717) is 12.1 Å². The summed E-state index contributed by atoms with van der Waals surface area (Å²) >= 11 is 0. The number of hydrogen-bond acceptors (Lipinski definition) is 4. The monoisotopic (exact) mass is 266 g/mol. The molecule has 0 saturated heterocycles. The number of nitrogens with one attached hydrogen (secondary N) is 1. The van der Waals surface area contributed by atoms with Gasteiger partial charge < -0.3 is 0 Å². The number of halogens is 2. The number of nitro benzene ring substituents is 1. The summed E-state index contributed by atoms with van der Waals surface area (Å²) in [6.45, 7) is 1.27. The van der Waals surface area contributed by atoms with Gasteiger partial charge in [-0.15, -0.1) is 0 Å². The lowest BCUT2D eigenvalue weighted by Crippen LogP contribution is -2.17. The Bertz CT molecular complexity index is 559. The Kier molecular flexibility index (Phi) is 3.61. The van der Waals surface area contributed by atoms with Crippen molar-refractivity contribution in [1.29, 1.82) is 0 Å². The summed E-state index contributed by atoms with van der Waals surface area (Å²) in [5.74, 6) is -2.89. The van der Waals surface area contributed by atoms with Crippen LogP contribution in [0, 0.1) is 21.7 Å². The molecule has 0 radical (unpaired) electrons. The Balaban J connectivity index is 3.37. The Labute approximate surface area is 95.5 Å². The van der Waals surface area contributed by atoms with E-state index in [4.69, 9.17) is 0 Å². The van der Waals surface area contributed by atoms with Crippen LogP contribution in [-0.2, 0) is 10.0 Å². The third-order valence-electron chi connectivity index (χ3n) is 1.87. The molecule has 0 atom stereocenters. The Hall–Kier alpha value is -1.77. The lowest BCUT2D eigenvalue weighted by atomic mass is 10.2. The van der Waals surface area contributed by atoms with Crippen molar-refractivity contribution in [2.24, 2.45) is 0 Å². The van der Waals surface area contributed by atoms with Gasteiger partial charge in [0, 0.05) is 6.07 Å². The van der Waals surface area contributed by atoms with Crippen molar-refractivity contribution in [3.8, 4) is 0 Å². The number of rotatable bonds is 4. The van der Waals surface area contributed by atoms with E-state index in [0.717, 1.165) is 0 Å². The number of sulfonamides is 1. The van der Waals surface area contributed by atoms with Crippen LogP contribution in [-0.4, -0.2) is 19.1 Å². The van der Waals surface area contributed by atoms with Gasteiger partial charge in [0.25, 0.3) is 5.69 Å². The zero-order valence-electron chi connectivity index (χ0n) is 8.61. The molecular weight excluding hydrogens is 258 g/mol. The summed E-state index contributed by atoms with van der Waals surface area (Å²) in [4.78, 5) is 9.47. The molecule has 0 saturated carbocycles. The van der Waals surface area contributed by atoms with Gasteiger partial charge in [0.1, 0.15) is 5.82 Å². The van der Waals surface area contributed by atoms with Gasteiger partial charge in [0.15, 0.2) is 11.5 Å². The molecule has 1 aromatic rings. The second-order valence-electron chi connectivity index (χ2n) is 3.04. The molecule has 0 amide bonds. The van der Waals surface area contributed by atoms with Crippen LogP contribution in [0.25, 0.3) is 0 Å². The number of anilines is 1. The summed E-state index contributed by atoms with van der Waals surface area (Å²) in [5, 5.41) is 10.5. The van der Waals surface area contributed by atoms with Gasteiger partial charge in [-0.3, -0.25) is 14.8 Å². The molecule has 0 spiro atoms. The van der Waals surface area contributed by atoms with Gasteiger partial charge >= 0.3 is 0 Å². The summed E-state index contributed by atoms with van der Waals surface area (Å²) < 4.78 is 50.1. The minimum Gasteiger partial charge on any atom is -0.275 e. The third kappa shape index (κ3) is 3.09. The second-order valence-corrected chi connectivity index (χ2v) is 5.06. The van der Waals surface area contributed by atoms with Crippen molar-refractivity contribution < 1.29 is 22.1 Å². The van der Waals surface area contributed by atoms with Gasteiger partial charge in [0.2, 0.25) is 10.0 Å². The Morgan fingerprint density at radius 1 is 1.41 bits per heavy atom. The maximum absolute atomic E-state index is 13.3. The lowest BCUT2D eigenvalue weighted by Gasteiger charge is -2.07. The highest BCUT2D eigenvalue weighted by Crippen LogP contribution is 2.29. The number of benzene rings is 1. The molecule has 0 aliphatic heterocycles. The molecule has 0 bridgehead atoms. The zero-order valence-corrected chi connectivity index (χ0v) is 9.42. The van der Waals surface area contributed by atoms with Gasteiger partial charge in [-0.1, -0.05) is 0 Å². The van der Waals surface area contributed by atoms with Gasteiger partial charge in [-0.2, -0.15) is 0 Å². The molecular formula is C8H8F2N2O4S. The van der Waals surface area contributed by atoms with E-state index >= 15 is 0 Å². The quantitative estimate of drug-likeness (QED) is 0.662. The highest BCUT2D eigenvalue weighted by molar-refractivity contribution is 7.92. The van der Waals surface area contributed by atoms with E-state index < -0.39 is 38.0 Å². The smallest absolute Gasteiger partial charge is 0.275 e. The fraction of sp³-hybridized carbons (Fsp3) is 0.250. The van der Waals surface area contributed by atoms with Crippen LogP contribution >= 0.6 is 0 Å². The topological polar surface area (TPSA) is 89.3 Å². The molecule has 17 heavy (non-hydrogen) atoms. The van der Waals surface area contributed by atoms with Gasteiger partial charge in [-0.25, -0.2) is 17.2 Å². The highest BCUT2D eigenvalue weighted by atomic mass is 32.2. The maximum Gasteiger partial charge on any atom is 0.299 e. The van der Waals surface area contributed by atoms with E-state index in [-0.39, 0.29) is 5.75 Å². The second kappa shape index (κ2) is 4.62. The first-order valence-electron chi connectivity index (χ1n) is 4.40. The number of nitrogens with zero attached hydrogens (tertiary/aromatic N) is 1. The first kappa shape index (κ1) is 13.3. The molecule has 0 aliphatic carbocycles. The van der Waals surface area contributed by atoms with Crippen LogP contribution in [0.3, 0.4) is 0 Å². The summed E-state index contributed by atoms with van der Waals surface area (Å²) in [5.41, 5.74) is -1.84. The fourth-order valence-corrected chi connectivity index (χ4v) is 1.69. The van der Waals surface area contributed by atoms with Crippen LogP contribution in [0.1, 0.15) is 6.92 Å². The van der Waals surface area contributed by atoms with Gasteiger partial charge in [-0.05, 0) is 6.92 Å².